The van der Waals surface area contributed by atoms with E-state index < -0.39 is 29.0 Å². The average molecular weight is 529 g/mol. The van der Waals surface area contributed by atoms with E-state index in [1.165, 1.54) is 37.1 Å². The number of benzene rings is 3. The molecule has 1 heterocycles. The number of hydrogen-bond donors (Lipinski definition) is 0. The second kappa shape index (κ2) is 10.6. The normalized spacial score (nSPS) is 11.4. The van der Waals surface area contributed by atoms with Gasteiger partial charge in [-0.3, -0.25) is 4.79 Å². The van der Waals surface area contributed by atoms with Gasteiger partial charge in [-0.25, -0.2) is 9.18 Å². The molecule has 10 heteroatoms. The summed E-state index contributed by atoms with van der Waals surface area (Å²) in [5.74, 6) is -1.52. The maximum atomic E-state index is 14.7. The van der Waals surface area contributed by atoms with Crippen LogP contribution in [0.5, 0.6) is 11.5 Å². The number of alkyl halides is 3. The molecule has 0 N–H and O–H groups in total. The molecule has 0 spiro atoms. The molecule has 0 bridgehead atoms. The van der Waals surface area contributed by atoms with E-state index in [-0.39, 0.29) is 46.7 Å². The molecule has 0 saturated heterocycles. The SMILES string of the molecule is COc1cc2c(=O)c(C(=O)OCc3ccccc3C)cn(Cc3ccc(C(F)(F)F)cc3F)c2cc1OC. The highest BCUT2D eigenvalue weighted by Gasteiger charge is 2.31. The number of fused-ring (bicyclic) bond motifs is 1. The van der Waals surface area contributed by atoms with Gasteiger partial charge in [0, 0.05) is 17.8 Å². The molecule has 198 valence electrons. The molecule has 0 aliphatic heterocycles. The Morgan fingerprint density at radius 1 is 0.947 bits per heavy atom. The van der Waals surface area contributed by atoms with Gasteiger partial charge in [-0.05, 0) is 36.2 Å². The van der Waals surface area contributed by atoms with Crippen LogP contribution < -0.4 is 14.9 Å². The van der Waals surface area contributed by atoms with Crippen LogP contribution in [-0.4, -0.2) is 24.8 Å². The lowest BCUT2D eigenvalue weighted by molar-refractivity contribution is -0.137. The van der Waals surface area contributed by atoms with Crippen molar-refractivity contribution in [2.24, 2.45) is 0 Å². The number of nitrogens with zero attached hydrogens (tertiary/aromatic N) is 1. The van der Waals surface area contributed by atoms with Gasteiger partial charge in [0.05, 0.1) is 37.2 Å². The lowest BCUT2D eigenvalue weighted by Gasteiger charge is -2.17. The molecule has 0 aliphatic rings. The van der Waals surface area contributed by atoms with Crippen LogP contribution in [0.1, 0.15) is 32.6 Å². The summed E-state index contributed by atoms with van der Waals surface area (Å²) in [5.41, 5.74) is -0.300. The van der Waals surface area contributed by atoms with E-state index in [1.807, 2.05) is 19.1 Å². The molecule has 4 aromatic rings. The summed E-state index contributed by atoms with van der Waals surface area (Å²) in [6.07, 6.45) is -3.50. The summed E-state index contributed by atoms with van der Waals surface area (Å²) in [6.45, 7) is 1.49. The molecular weight excluding hydrogens is 506 g/mol. The number of aromatic nitrogens is 1. The number of hydrogen-bond acceptors (Lipinski definition) is 5. The lowest BCUT2D eigenvalue weighted by Crippen LogP contribution is -2.21. The monoisotopic (exact) mass is 529 g/mol. The van der Waals surface area contributed by atoms with E-state index in [2.05, 4.69) is 0 Å². The van der Waals surface area contributed by atoms with E-state index in [9.17, 15) is 27.2 Å². The Bertz CT molecular complexity index is 1580. The number of carbonyl (C=O) groups excluding carboxylic acids is 1. The van der Waals surface area contributed by atoms with Crippen molar-refractivity contribution < 1.29 is 36.6 Å². The number of ether oxygens (including phenoxy) is 3. The Morgan fingerprint density at radius 3 is 2.26 bits per heavy atom. The fourth-order valence-corrected chi connectivity index (χ4v) is 4.02. The number of esters is 1. The zero-order valence-corrected chi connectivity index (χ0v) is 20.7. The Hall–Kier alpha value is -4.34. The third-order valence-electron chi connectivity index (χ3n) is 6.15. The second-order valence-corrected chi connectivity index (χ2v) is 8.53. The molecular formula is C28H23F4NO5. The molecule has 6 nitrogen and oxygen atoms in total. The van der Waals surface area contributed by atoms with Crippen molar-refractivity contribution in [3.05, 3.63) is 105 Å². The van der Waals surface area contributed by atoms with Gasteiger partial charge >= 0.3 is 12.1 Å². The Labute approximate surface area is 215 Å². The zero-order valence-electron chi connectivity index (χ0n) is 20.7. The number of aryl methyl sites for hydroxylation is 1. The van der Waals surface area contributed by atoms with Crippen LogP contribution in [0, 0.1) is 12.7 Å². The average Bonchev–Trinajstić information content (AvgIpc) is 2.89. The summed E-state index contributed by atoms with van der Waals surface area (Å²) in [4.78, 5) is 26.3. The van der Waals surface area contributed by atoms with Gasteiger partial charge in [0.15, 0.2) is 11.5 Å². The Morgan fingerprint density at radius 2 is 1.63 bits per heavy atom. The van der Waals surface area contributed by atoms with Crippen LogP contribution in [0.15, 0.2) is 65.6 Å². The molecule has 3 aromatic carbocycles. The first-order valence-electron chi connectivity index (χ1n) is 11.4. The van der Waals surface area contributed by atoms with E-state index in [0.29, 0.717) is 6.07 Å². The van der Waals surface area contributed by atoms with Crippen LogP contribution in [0.2, 0.25) is 0 Å². The Balaban J connectivity index is 1.81. The highest BCUT2D eigenvalue weighted by Crippen LogP contribution is 2.33. The van der Waals surface area contributed by atoms with Crippen molar-refractivity contribution >= 4 is 16.9 Å². The van der Waals surface area contributed by atoms with Crippen LogP contribution >= 0.6 is 0 Å². The van der Waals surface area contributed by atoms with E-state index >= 15 is 0 Å². The maximum Gasteiger partial charge on any atom is 0.416 e. The van der Waals surface area contributed by atoms with Crippen molar-refractivity contribution in [1.29, 1.82) is 0 Å². The number of methoxy groups -OCH3 is 2. The topological polar surface area (TPSA) is 66.8 Å². The minimum absolute atomic E-state index is 0.0558. The first kappa shape index (κ1) is 26.7. The first-order chi connectivity index (χ1) is 18.0. The Kier molecular flexibility index (Phi) is 7.43. The van der Waals surface area contributed by atoms with E-state index in [0.717, 1.165) is 23.3 Å². The fourth-order valence-electron chi connectivity index (χ4n) is 4.02. The van der Waals surface area contributed by atoms with Gasteiger partial charge < -0.3 is 18.8 Å². The van der Waals surface area contributed by atoms with Crippen molar-refractivity contribution in [3.8, 4) is 11.5 Å². The molecule has 0 fully saturated rings. The highest BCUT2D eigenvalue weighted by atomic mass is 19.4. The third-order valence-corrected chi connectivity index (χ3v) is 6.15. The third kappa shape index (κ3) is 5.34. The van der Waals surface area contributed by atoms with Gasteiger partial charge in [-0.1, -0.05) is 30.3 Å². The minimum Gasteiger partial charge on any atom is -0.493 e. The largest absolute Gasteiger partial charge is 0.493 e. The summed E-state index contributed by atoms with van der Waals surface area (Å²) >= 11 is 0. The quantitative estimate of drug-likeness (QED) is 0.221. The number of pyridine rings is 1. The highest BCUT2D eigenvalue weighted by molar-refractivity contribution is 5.94. The molecule has 0 radical (unpaired) electrons. The standard InChI is InChI=1S/C28H23F4NO5/c1-16-6-4-5-7-18(16)15-38-27(35)21-14-33(13-17-8-9-19(10-22(17)29)28(30,31)32)23-12-25(37-3)24(36-2)11-20(23)26(21)34/h4-12,14H,13,15H2,1-3H3. The van der Waals surface area contributed by atoms with Gasteiger partial charge in [0.25, 0.3) is 0 Å². The number of halogens is 4. The van der Waals surface area contributed by atoms with Crippen LogP contribution in [0.25, 0.3) is 10.9 Å². The molecule has 4 rings (SSSR count). The summed E-state index contributed by atoms with van der Waals surface area (Å²) < 4.78 is 71.1. The van der Waals surface area contributed by atoms with Crippen LogP contribution in [0.3, 0.4) is 0 Å². The molecule has 0 amide bonds. The van der Waals surface area contributed by atoms with Crippen molar-refractivity contribution in [2.75, 3.05) is 14.2 Å². The number of rotatable bonds is 7. The smallest absolute Gasteiger partial charge is 0.416 e. The maximum absolute atomic E-state index is 14.7. The second-order valence-electron chi connectivity index (χ2n) is 8.53. The first-order valence-corrected chi connectivity index (χ1v) is 11.4. The van der Waals surface area contributed by atoms with Crippen molar-refractivity contribution in [2.45, 2.75) is 26.3 Å². The van der Waals surface area contributed by atoms with Gasteiger partial charge in [0.1, 0.15) is 18.0 Å². The van der Waals surface area contributed by atoms with Crippen LogP contribution in [0.4, 0.5) is 17.6 Å². The lowest BCUT2D eigenvalue weighted by atomic mass is 10.1. The zero-order chi connectivity index (χ0) is 27.6. The fraction of sp³-hybridized carbons (Fsp3) is 0.214. The van der Waals surface area contributed by atoms with Crippen molar-refractivity contribution in [1.82, 2.24) is 4.57 Å². The summed E-state index contributed by atoms with van der Waals surface area (Å²) in [7, 11) is 2.76. The summed E-state index contributed by atoms with van der Waals surface area (Å²) in [5, 5.41) is 0.0558. The predicted octanol–water partition coefficient (Wildman–Crippen LogP) is 5.89. The van der Waals surface area contributed by atoms with Crippen LogP contribution in [-0.2, 0) is 24.1 Å². The van der Waals surface area contributed by atoms with E-state index in [1.54, 1.807) is 12.1 Å². The van der Waals surface area contributed by atoms with Crippen molar-refractivity contribution in [3.63, 3.8) is 0 Å². The van der Waals surface area contributed by atoms with Gasteiger partial charge in [-0.15, -0.1) is 0 Å². The molecule has 1 aromatic heterocycles. The van der Waals surface area contributed by atoms with Gasteiger partial charge in [-0.2, -0.15) is 13.2 Å². The molecule has 0 aliphatic carbocycles. The molecule has 0 saturated carbocycles. The molecule has 38 heavy (non-hydrogen) atoms. The minimum atomic E-state index is -4.71. The predicted molar refractivity (Wildman–Crippen MR) is 132 cm³/mol. The summed E-state index contributed by atoms with van der Waals surface area (Å²) in [6, 6.07) is 12.3. The van der Waals surface area contributed by atoms with E-state index in [4.69, 9.17) is 14.2 Å². The molecule has 0 atom stereocenters. The molecule has 0 unspecified atom stereocenters. The van der Waals surface area contributed by atoms with Gasteiger partial charge in [0.2, 0.25) is 5.43 Å². The number of carbonyl (C=O) groups is 1.